The second kappa shape index (κ2) is 7.98. The Morgan fingerprint density at radius 2 is 1.63 bits per heavy atom. The molecule has 1 nitrogen and oxygen atoms in total. The summed E-state index contributed by atoms with van der Waals surface area (Å²) in [4.78, 5) is 3.06. The molecule has 1 aliphatic carbocycles. The molecule has 1 aliphatic rings. The summed E-state index contributed by atoms with van der Waals surface area (Å²) in [6.45, 7) is 9.03. The molecule has 0 aliphatic heterocycles. The third-order valence-corrected chi connectivity index (χ3v) is 3.69. The van der Waals surface area contributed by atoms with Crippen molar-refractivity contribution in [3.05, 3.63) is 47.2 Å². The molecule has 0 bridgehead atoms. The summed E-state index contributed by atoms with van der Waals surface area (Å²) in [6, 6.07) is 6.70. The molecule has 0 amide bonds. The predicted molar refractivity (Wildman–Crippen MR) is 78.7 cm³/mol. The van der Waals surface area contributed by atoms with Gasteiger partial charge in [-0.05, 0) is 56.2 Å². The Bertz CT molecular complexity index is 385. The second-order valence-corrected chi connectivity index (χ2v) is 5.42. The first-order valence-corrected chi connectivity index (χ1v) is 7.06. The van der Waals surface area contributed by atoms with E-state index in [0.717, 1.165) is 5.92 Å². The molecule has 1 saturated carbocycles. The fourth-order valence-corrected chi connectivity index (χ4v) is 2.86. The van der Waals surface area contributed by atoms with Crippen LogP contribution in [0.25, 0.3) is 0 Å². The minimum absolute atomic E-state index is 0.0880. The average Bonchev–Trinajstić information content (AvgIpc) is 2.40. The van der Waals surface area contributed by atoms with E-state index in [-0.39, 0.29) is 5.76 Å². The molecule has 0 unspecified atom stereocenters. The number of allylic oxidation sites excluding steroid dienone is 1. The minimum Gasteiger partial charge on any atom is -0.300 e. The first kappa shape index (κ1) is 15.7. The topological polar surface area (TPSA) is 9.23 Å². The van der Waals surface area contributed by atoms with Gasteiger partial charge >= 0.3 is 0 Å². The molecule has 0 atom stereocenters. The van der Waals surface area contributed by atoms with Gasteiger partial charge < -0.3 is 0 Å². The van der Waals surface area contributed by atoms with E-state index in [1.807, 2.05) is 0 Å². The van der Waals surface area contributed by atoms with Crippen molar-refractivity contribution in [3.63, 3.8) is 0 Å². The summed E-state index contributed by atoms with van der Waals surface area (Å²) in [7, 11) is 0. The molecule has 106 valence electrons. The zero-order chi connectivity index (χ0) is 14.3. The number of hydrogen-bond acceptors (Lipinski definition) is 1. The molecule has 0 saturated heterocycles. The van der Waals surface area contributed by atoms with Gasteiger partial charge in [-0.3, -0.25) is 4.94 Å². The molecular weight excluding hydrogens is 239 g/mol. The van der Waals surface area contributed by atoms with Crippen LogP contribution in [0.5, 0.6) is 0 Å². The molecule has 2 rings (SSSR count). The quantitative estimate of drug-likeness (QED) is 0.616. The summed E-state index contributed by atoms with van der Waals surface area (Å²) in [6.07, 6.45) is 7.12. The Labute approximate surface area is 116 Å². The van der Waals surface area contributed by atoms with Crippen molar-refractivity contribution in [2.24, 2.45) is 0 Å². The monoisotopic (exact) mass is 264 g/mol. The van der Waals surface area contributed by atoms with Gasteiger partial charge in [0.25, 0.3) is 0 Å². The molecule has 0 N–H and O–H groups in total. The Morgan fingerprint density at radius 1 is 1.16 bits per heavy atom. The minimum atomic E-state index is 0.0880. The maximum absolute atomic E-state index is 10.5. The van der Waals surface area contributed by atoms with Gasteiger partial charge in [0.05, 0.1) is 0 Å². The van der Waals surface area contributed by atoms with Crippen molar-refractivity contribution < 1.29 is 9.47 Å². The van der Waals surface area contributed by atoms with Gasteiger partial charge in [0, 0.05) is 4.53 Å². The van der Waals surface area contributed by atoms with Crippen LogP contribution < -0.4 is 0 Å². The lowest BCUT2D eigenvalue weighted by molar-refractivity contribution is -0.0812. The highest BCUT2D eigenvalue weighted by Gasteiger charge is 2.18. The molecular formula is C17H25FO. The summed E-state index contributed by atoms with van der Waals surface area (Å²) < 4.78 is 10.5. The summed E-state index contributed by atoms with van der Waals surface area (Å²) in [5.41, 5.74) is 4.64. The Balaban J connectivity index is 0.000000312. The first-order valence-electron chi connectivity index (χ1n) is 7.06. The summed E-state index contributed by atoms with van der Waals surface area (Å²) in [5, 5.41) is 0. The number of aryl methyl sites for hydroxylation is 2. The molecule has 2 heteroatoms. The van der Waals surface area contributed by atoms with Crippen LogP contribution in [0.15, 0.2) is 30.5 Å². The van der Waals surface area contributed by atoms with Gasteiger partial charge in [-0.25, -0.2) is 0 Å². The maximum Gasteiger partial charge on any atom is 0.138 e. The van der Waals surface area contributed by atoms with E-state index in [4.69, 9.17) is 0 Å². The highest BCUT2D eigenvalue weighted by Crippen LogP contribution is 2.35. The number of benzene rings is 1. The Hall–Kier alpha value is -1.31. The zero-order valence-corrected chi connectivity index (χ0v) is 12.3. The predicted octanol–water partition coefficient (Wildman–Crippen LogP) is 5.77. The van der Waals surface area contributed by atoms with E-state index in [1.54, 1.807) is 5.56 Å². The van der Waals surface area contributed by atoms with Crippen molar-refractivity contribution >= 4 is 0 Å². The number of rotatable bonds is 2. The van der Waals surface area contributed by atoms with E-state index < -0.39 is 0 Å². The Morgan fingerprint density at radius 3 is 2.05 bits per heavy atom. The van der Waals surface area contributed by atoms with Gasteiger partial charge in [-0.15, -0.1) is 0 Å². The third kappa shape index (κ3) is 5.06. The molecule has 1 aromatic rings. The Kier molecular flexibility index (Phi) is 6.61. The molecule has 1 fully saturated rings. The van der Waals surface area contributed by atoms with Crippen LogP contribution in [-0.2, 0) is 4.94 Å². The second-order valence-electron chi connectivity index (χ2n) is 5.42. The van der Waals surface area contributed by atoms with Gasteiger partial charge in [-0.2, -0.15) is 0 Å². The highest BCUT2D eigenvalue weighted by molar-refractivity contribution is 5.36. The lowest BCUT2D eigenvalue weighted by Gasteiger charge is -2.25. The third-order valence-electron chi connectivity index (χ3n) is 3.69. The van der Waals surface area contributed by atoms with Crippen LogP contribution in [0.1, 0.15) is 61.6 Å². The maximum atomic E-state index is 10.5. The lowest BCUT2D eigenvalue weighted by atomic mass is 9.80. The van der Waals surface area contributed by atoms with Crippen molar-refractivity contribution in [1.82, 2.24) is 0 Å². The van der Waals surface area contributed by atoms with Crippen molar-refractivity contribution in [2.45, 2.75) is 58.8 Å². The van der Waals surface area contributed by atoms with Crippen molar-refractivity contribution in [3.8, 4) is 0 Å². The average molecular weight is 264 g/mol. The van der Waals surface area contributed by atoms with E-state index in [2.05, 4.69) is 43.6 Å². The highest BCUT2D eigenvalue weighted by atomic mass is 19.3. The van der Waals surface area contributed by atoms with Crippen molar-refractivity contribution in [2.75, 3.05) is 0 Å². The first-order chi connectivity index (χ1) is 9.06. The van der Waals surface area contributed by atoms with Crippen LogP contribution in [-0.4, -0.2) is 0 Å². The molecule has 0 spiro atoms. The summed E-state index contributed by atoms with van der Waals surface area (Å²) >= 11 is 0. The number of halogens is 1. The van der Waals surface area contributed by atoms with Gasteiger partial charge in [0.2, 0.25) is 0 Å². The van der Waals surface area contributed by atoms with Gasteiger partial charge in [-0.1, -0.05) is 44.0 Å². The SMILES string of the molecule is C=C(C)OF.Cc1cccc(C)c1C1CCCCC1. The van der Waals surface area contributed by atoms with Gasteiger partial charge in [0.15, 0.2) is 0 Å². The molecule has 0 radical (unpaired) electrons. The molecule has 0 aromatic heterocycles. The van der Waals surface area contributed by atoms with Crippen LogP contribution in [0.2, 0.25) is 0 Å². The number of hydrogen-bond donors (Lipinski definition) is 0. The van der Waals surface area contributed by atoms with Crippen molar-refractivity contribution in [1.29, 1.82) is 0 Å². The van der Waals surface area contributed by atoms with Crippen LogP contribution in [0, 0.1) is 13.8 Å². The molecule has 19 heavy (non-hydrogen) atoms. The van der Waals surface area contributed by atoms with Gasteiger partial charge in [0.1, 0.15) is 5.76 Å². The van der Waals surface area contributed by atoms with E-state index in [9.17, 15) is 4.53 Å². The van der Waals surface area contributed by atoms with E-state index >= 15 is 0 Å². The standard InChI is InChI=1S/C14H20.C3H5FO/c1-11-7-6-8-12(2)14(11)13-9-4-3-5-10-13;1-3(2)5-4/h6-8,13H,3-5,9-10H2,1-2H3;1H2,2H3. The summed E-state index contributed by atoms with van der Waals surface area (Å²) in [5.74, 6) is 0.940. The van der Waals surface area contributed by atoms with Crippen LogP contribution >= 0.6 is 0 Å². The normalized spacial score (nSPS) is 15.4. The van der Waals surface area contributed by atoms with E-state index in [0.29, 0.717) is 0 Å². The largest absolute Gasteiger partial charge is 0.300 e. The lowest BCUT2D eigenvalue weighted by Crippen LogP contribution is -2.07. The van der Waals surface area contributed by atoms with E-state index in [1.165, 1.54) is 50.2 Å². The van der Waals surface area contributed by atoms with Crippen LogP contribution in [0.3, 0.4) is 0 Å². The molecule has 0 heterocycles. The zero-order valence-electron chi connectivity index (χ0n) is 12.3. The van der Waals surface area contributed by atoms with Crippen LogP contribution in [0.4, 0.5) is 4.53 Å². The smallest absolute Gasteiger partial charge is 0.138 e. The fourth-order valence-electron chi connectivity index (χ4n) is 2.86. The molecule has 1 aromatic carbocycles. The fraction of sp³-hybridized carbons (Fsp3) is 0.529.